The van der Waals surface area contributed by atoms with Crippen LogP contribution in [0.15, 0.2) is 18.2 Å². The molecule has 11 nitrogen and oxygen atoms in total. The van der Waals surface area contributed by atoms with Gasteiger partial charge in [0.1, 0.15) is 18.3 Å². The predicted molar refractivity (Wildman–Crippen MR) is 177 cm³/mol. The standard InChI is InChI=1S/C36H57N3O8/c1-31(2)16-25(17-32(3,4)37-31)45-28(40)22-13-23(29(41)46-26-18-33(5,6)38(43)34(7,8)19-26)15-24(14-22)30(42)47-27-20-35(9,10)39(44)36(11,12)21-27/h13-15,25-27,37,43-44H,16-21H2,1-12H3. The minimum Gasteiger partial charge on any atom is -0.459 e. The van der Waals surface area contributed by atoms with Gasteiger partial charge < -0.3 is 29.9 Å². The van der Waals surface area contributed by atoms with Crippen molar-refractivity contribution in [3.8, 4) is 0 Å². The highest BCUT2D eigenvalue weighted by Gasteiger charge is 2.48. The van der Waals surface area contributed by atoms with Gasteiger partial charge in [-0.15, -0.1) is 0 Å². The molecule has 0 radical (unpaired) electrons. The summed E-state index contributed by atoms with van der Waals surface area (Å²) in [5, 5.41) is 27.6. The van der Waals surface area contributed by atoms with Crippen molar-refractivity contribution in [2.45, 2.75) is 173 Å². The third kappa shape index (κ3) is 8.54. The molecule has 0 aliphatic carbocycles. The normalized spacial score (nSPS) is 25.9. The summed E-state index contributed by atoms with van der Waals surface area (Å²) in [4.78, 5) is 41.0. The van der Waals surface area contributed by atoms with Crippen molar-refractivity contribution >= 4 is 17.9 Å². The summed E-state index contributed by atoms with van der Waals surface area (Å²) in [6.07, 6.45) is 1.39. The van der Waals surface area contributed by atoms with Gasteiger partial charge in [0.15, 0.2) is 0 Å². The predicted octanol–water partition coefficient (Wildman–Crippen LogP) is 6.29. The minimum atomic E-state index is -0.684. The van der Waals surface area contributed by atoms with Gasteiger partial charge in [-0.3, -0.25) is 0 Å². The first-order valence-corrected chi connectivity index (χ1v) is 16.8. The van der Waals surface area contributed by atoms with E-state index in [-0.39, 0.29) is 33.9 Å². The molecular formula is C36H57N3O8. The van der Waals surface area contributed by atoms with Crippen LogP contribution >= 0.6 is 0 Å². The Labute approximate surface area is 280 Å². The molecule has 0 bridgehead atoms. The second kappa shape index (κ2) is 12.4. The van der Waals surface area contributed by atoms with E-state index in [1.807, 2.05) is 55.4 Å². The number of piperidine rings is 3. The van der Waals surface area contributed by atoms with E-state index in [9.17, 15) is 24.8 Å². The molecule has 3 fully saturated rings. The van der Waals surface area contributed by atoms with E-state index in [1.54, 1.807) is 0 Å². The number of carbonyl (C=O) groups is 3. The fraction of sp³-hybridized carbons (Fsp3) is 0.750. The molecule has 11 heteroatoms. The number of hydroxylamine groups is 4. The maximum absolute atomic E-state index is 13.7. The van der Waals surface area contributed by atoms with Gasteiger partial charge in [-0.1, -0.05) is 0 Å². The number of nitrogens with zero attached hydrogens (tertiary/aromatic N) is 2. The van der Waals surface area contributed by atoms with E-state index in [0.29, 0.717) is 38.5 Å². The van der Waals surface area contributed by atoms with Crippen LogP contribution in [0.25, 0.3) is 0 Å². The first-order valence-electron chi connectivity index (χ1n) is 16.8. The maximum Gasteiger partial charge on any atom is 0.338 e. The summed E-state index contributed by atoms with van der Waals surface area (Å²) < 4.78 is 17.9. The molecule has 3 saturated heterocycles. The third-order valence-corrected chi connectivity index (χ3v) is 9.82. The van der Waals surface area contributed by atoms with Crippen LogP contribution < -0.4 is 5.32 Å². The summed E-state index contributed by atoms with van der Waals surface area (Å²) in [6.45, 7) is 23.3. The number of esters is 3. The molecular weight excluding hydrogens is 602 g/mol. The number of benzene rings is 1. The monoisotopic (exact) mass is 659 g/mol. The topological polar surface area (TPSA) is 138 Å². The quantitative estimate of drug-likeness (QED) is 0.235. The summed E-state index contributed by atoms with van der Waals surface area (Å²) in [5.41, 5.74) is -2.97. The molecule has 47 heavy (non-hydrogen) atoms. The van der Waals surface area contributed by atoms with E-state index >= 15 is 0 Å². The van der Waals surface area contributed by atoms with Gasteiger partial charge in [-0.25, -0.2) is 14.4 Å². The smallest absolute Gasteiger partial charge is 0.338 e. The fourth-order valence-electron chi connectivity index (χ4n) is 8.48. The second-order valence-electron chi connectivity index (χ2n) is 17.9. The number of hydrogen-bond donors (Lipinski definition) is 3. The van der Waals surface area contributed by atoms with E-state index < -0.39 is 52.3 Å². The van der Waals surface area contributed by atoms with E-state index in [2.05, 4.69) is 33.0 Å². The molecule has 0 amide bonds. The maximum atomic E-state index is 13.7. The van der Waals surface area contributed by atoms with E-state index in [0.717, 1.165) is 0 Å². The number of nitrogens with one attached hydrogen (secondary N) is 1. The zero-order valence-electron chi connectivity index (χ0n) is 30.4. The molecule has 3 heterocycles. The van der Waals surface area contributed by atoms with Crippen LogP contribution in [0.2, 0.25) is 0 Å². The Morgan fingerprint density at radius 2 is 0.766 bits per heavy atom. The first-order chi connectivity index (χ1) is 21.2. The molecule has 3 aliphatic rings. The Hall–Kier alpha value is -2.57. The summed E-state index contributed by atoms with van der Waals surface area (Å²) in [7, 11) is 0. The lowest BCUT2D eigenvalue weighted by Crippen LogP contribution is -2.60. The van der Waals surface area contributed by atoms with Gasteiger partial charge >= 0.3 is 17.9 Å². The highest BCUT2D eigenvalue weighted by molar-refractivity contribution is 6.00. The average Bonchev–Trinajstić information content (AvgIpc) is 2.87. The SMILES string of the molecule is CC1(C)CC(OC(=O)c2cc(C(=O)OC3CC(C)(C)N(O)C(C)(C)C3)cc(C(=O)OC3CC(C)(C)N(O)C(C)(C)C3)c2)CC(C)(C)N1. The van der Waals surface area contributed by atoms with Crippen molar-refractivity contribution in [2.24, 2.45) is 0 Å². The number of ether oxygens (including phenoxy) is 3. The lowest BCUT2D eigenvalue weighted by Gasteiger charge is -2.50. The highest BCUT2D eigenvalue weighted by Crippen LogP contribution is 2.40. The van der Waals surface area contributed by atoms with Crippen LogP contribution in [0, 0.1) is 0 Å². The molecule has 1 aromatic carbocycles. The summed E-state index contributed by atoms with van der Waals surface area (Å²) >= 11 is 0. The number of carbonyl (C=O) groups excluding carboxylic acids is 3. The molecule has 1 aromatic rings. The van der Waals surface area contributed by atoms with Crippen molar-refractivity contribution in [2.75, 3.05) is 0 Å². The lowest BCUT2D eigenvalue weighted by molar-refractivity contribution is -0.256. The van der Waals surface area contributed by atoms with E-state index in [4.69, 9.17) is 14.2 Å². The van der Waals surface area contributed by atoms with Crippen molar-refractivity contribution in [1.82, 2.24) is 15.4 Å². The molecule has 3 N–H and O–H groups in total. The lowest BCUT2D eigenvalue weighted by atomic mass is 9.80. The molecule has 4 rings (SSSR count). The Kier molecular flexibility index (Phi) is 9.82. The van der Waals surface area contributed by atoms with Gasteiger partial charge in [0.25, 0.3) is 0 Å². The molecule has 264 valence electrons. The van der Waals surface area contributed by atoms with Crippen molar-refractivity contribution < 1.29 is 39.0 Å². The Morgan fingerprint density at radius 1 is 0.532 bits per heavy atom. The Morgan fingerprint density at radius 3 is 1.02 bits per heavy atom. The molecule has 0 unspecified atom stereocenters. The molecule has 0 saturated carbocycles. The minimum absolute atomic E-state index is 0.0326. The van der Waals surface area contributed by atoms with E-state index in [1.165, 1.54) is 28.3 Å². The average molecular weight is 660 g/mol. The summed E-state index contributed by atoms with van der Waals surface area (Å²) in [6, 6.07) is 4.21. The van der Waals surface area contributed by atoms with Gasteiger partial charge in [-0.2, -0.15) is 10.1 Å². The van der Waals surface area contributed by atoms with Crippen LogP contribution in [-0.2, 0) is 14.2 Å². The van der Waals surface area contributed by atoms with Gasteiger partial charge in [0, 0.05) is 71.8 Å². The molecule has 3 aliphatic heterocycles. The van der Waals surface area contributed by atoms with Gasteiger partial charge in [0.05, 0.1) is 16.7 Å². The first kappa shape index (κ1) is 37.3. The summed E-state index contributed by atoms with van der Waals surface area (Å²) in [5.74, 6) is -2.01. The van der Waals surface area contributed by atoms with Crippen LogP contribution in [0.4, 0.5) is 0 Å². The largest absolute Gasteiger partial charge is 0.459 e. The third-order valence-electron chi connectivity index (χ3n) is 9.82. The number of rotatable bonds is 6. The molecule has 0 atom stereocenters. The molecule has 0 spiro atoms. The zero-order valence-corrected chi connectivity index (χ0v) is 30.4. The van der Waals surface area contributed by atoms with Crippen molar-refractivity contribution in [3.05, 3.63) is 34.9 Å². The van der Waals surface area contributed by atoms with Crippen LogP contribution in [0.5, 0.6) is 0 Å². The number of hydrogen-bond acceptors (Lipinski definition) is 11. The second-order valence-corrected chi connectivity index (χ2v) is 17.9. The van der Waals surface area contributed by atoms with Crippen LogP contribution in [0.3, 0.4) is 0 Å². The molecule has 0 aromatic heterocycles. The van der Waals surface area contributed by atoms with Gasteiger partial charge in [-0.05, 0) is 101 Å². The fourth-order valence-corrected chi connectivity index (χ4v) is 8.48. The highest BCUT2D eigenvalue weighted by atomic mass is 16.6. The zero-order chi connectivity index (χ0) is 35.5. The van der Waals surface area contributed by atoms with Crippen LogP contribution in [0.1, 0.15) is 153 Å². The van der Waals surface area contributed by atoms with Crippen molar-refractivity contribution in [3.63, 3.8) is 0 Å². The Balaban J connectivity index is 1.63. The van der Waals surface area contributed by atoms with Crippen LogP contribution in [-0.4, -0.2) is 90.0 Å². The Bertz CT molecular complexity index is 1260. The van der Waals surface area contributed by atoms with Gasteiger partial charge in [0.2, 0.25) is 0 Å². The van der Waals surface area contributed by atoms with Crippen molar-refractivity contribution in [1.29, 1.82) is 0 Å².